The maximum Gasteiger partial charge on any atom is 0.113 e. The van der Waals surface area contributed by atoms with Gasteiger partial charge in [-0.05, 0) is 50.5 Å². The highest BCUT2D eigenvalue weighted by Crippen LogP contribution is 2.25. The fraction of sp³-hybridized carbons (Fsp3) is 0. The third-order valence-electron chi connectivity index (χ3n) is 3.65. The monoisotopic (exact) mass is 349 g/mol. The fourth-order valence-electron chi connectivity index (χ4n) is 2.59. The first-order chi connectivity index (χ1) is 10.8. The summed E-state index contributed by atoms with van der Waals surface area (Å²) >= 11 is 3.63. The van der Waals surface area contributed by atoms with Crippen molar-refractivity contribution in [3.63, 3.8) is 0 Å². The largest absolute Gasteiger partial charge is 0.206 e. The van der Waals surface area contributed by atoms with Crippen molar-refractivity contribution in [1.29, 1.82) is 0 Å². The lowest BCUT2D eigenvalue weighted by Crippen LogP contribution is -1.94. The van der Waals surface area contributed by atoms with Gasteiger partial charge in [0.05, 0.1) is 5.52 Å². The summed E-state index contributed by atoms with van der Waals surface area (Å²) in [4.78, 5) is 0. The van der Waals surface area contributed by atoms with Crippen LogP contribution in [0.2, 0.25) is 0 Å². The van der Waals surface area contributed by atoms with Crippen LogP contribution in [0.1, 0.15) is 5.56 Å². The van der Waals surface area contributed by atoms with E-state index in [1.807, 2.05) is 24.3 Å². The van der Waals surface area contributed by atoms with E-state index in [0.717, 1.165) is 21.2 Å². The zero-order valence-corrected chi connectivity index (χ0v) is 13.2. The maximum absolute atomic E-state index is 4.22. The Labute approximate surface area is 136 Å². The first-order valence-corrected chi connectivity index (χ1v) is 7.78. The van der Waals surface area contributed by atoms with Crippen molar-refractivity contribution in [1.82, 2.24) is 15.0 Å². The molecule has 0 bridgehead atoms. The predicted octanol–water partition coefficient (Wildman–Crippen LogP) is 4.94. The number of nitrogens with zero attached hydrogens (tertiary/aromatic N) is 3. The van der Waals surface area contributed by atoms with Gasteiger partial charge in [-0.25, -0.2) is 4.68 Å². The van der Waals surface area contributed by atoms with E-state index in [2.05, 4.69) is 74.8 Å². The van der Waals surface area contributed by atoms with Crippen molar-refractivity contribution in [3.05, 3.63) is 72.3 Å². The molecule has 0 aliphatic carbocycles. The molecule has 1 aromatic heterocycles. The van der Waals surface area contributed by atoms with Gasteiger partial charge in [-0.2, -0.15) is 0 Å². The van der Waals surface area contributed by atoms with E-state index in [1.165, 1.54) is 10.8 Å². The number of halogens is 1. The summed E-state index contributed by atoms with van der Waals surface area (Å²) in [6.07, 6.45) is 2.07. The summed E-state index contributed by atoms with van der Waals surface area (Å²) in [6, 6.07) is 22.5. The van der Waals surface area contributed by atoms with Crippen LogP contribution in [0.15, 0.2) is 66.7 Å². The van der Waals surface area contributed by atoms with Gasteiger partial charge in [0.1, 0.15) is 10.1 Å². The molecule has 4 heteroatoms. The minimum Gasteiger partial charge on any atom is -0.206 e. The van der Waals surface area contributed by atoms with Crippen LogP contribution in [-0.2, 0) is 0 Å². The van der Waals surface area contributed by atoms with Gasteiger partial charge >= 0.3 is 0 Å². The van der Waals surface area contributed by atoms with Gasteiger partial charge in [-0.3, -0.25) is 0 Å². The third-order valence-corrected chi connectivity index (χ3v) is 4.22. The molecular formula is C18H12BrN3. The van der Waals surface area contributed by atoms with Gasteiger partial charge < -0.3 is 0 Å². The normalized spacial score (nSPS) is 12.1. The van der Waals surface area contributed by atoms with Crippen LogP contribution in [0.4, 0.5) is 0 Å². The molecule has 4 aromatic rings. The van der Waals surface area contributed by atoms with Crippen molar-refractivity contribution in [2.75, 3.05) is 0 Å². The van der Waals surface area contributed by atoms with Crippen LogP contribution in [0.5, 0.6) is 0 Å². The molecule has 0 aliphatic rings. The molecule has 0 saturated heterocycles. The van der Waals surface area contributed by atoms with E-state index >= 15 is 0 Å². The van der Waals surface area contributed by atoms with Gasteiger partial charge in [-0.15, -0.1) is 5.10 Å². The zero-order chi connectivity index (χ0) is 14.9. The van der Waals surface area contributed by atoms with E-state index in [9.17, 15) is 0 Å². The first kappa shape index (κ1) is 13.2. The summed E-state index contributed by atoms with van der Waals surface area (Å²) in [6.45, 7) is 0. The number of hydrogen-bond donors (Lipinski definition) is 0. The summed E-state index contributed by atoms with van der Waals surface area (Å²) in [5.74, 6) is 0. The molecule has 0 fully saturated rings. The average molecular weight is 350 g/mol. The van der Waals surface area contributed by atoms with Crippen molar-refractivity contribution < 1.29 is 0 Å². The lowest BCUT2D eigenvalue weighted by atomic mass is 10.0. The Morgan fingerprint density at radius 1 is 0.909 bits per heavy atom. The van der Waals surface area contributed by atoms with E-state index in [4.69, 9.17) is 0 Å². The second-order valence-corrected chi connectivity index (χ2v) is 5.84. The van der Waals surface area contributed by atoms with Crippen LogP contribution in [-0.4, -0.2) is 15.0 Å². The predicted molar refractivity (Wildman–Crippen MR) is 94.6 cm³/mol. The topological polar surface area (TPSA) is 30.7 Å². The Kier molecular flexibility index (Phi) is 3.24. The van der Waals surface area contributed by atoms with Crippen LogP contribution in [0, 0.1) is 0 Å². The Balaban J connectivity index is 1.88. The lowest BCUT2D eigenvalue weighted by Gasteiger charge is -2.04. The molecule has 0 saturated carbocycles. The van der Waals surface area contributed by atoms with Crippen LogP contribution in [0.3, 0.4) is 0 Å². The Morgan fingerprint density at radius 2 is 1.68 bits per heavy atom. The smallest absolute Gasteiger partial charge is 0.113 e. The van der Waals surface area contributed by atoms with Gasteiger partial charge in [-0.1, -0.05) is 59.8 Å². The fourth-order valence-corrected chi connectivity index (χ4v) is 3.10. The van der Waals surface area contributed by atoms with Crippen LogP contribution < -0.4 is 0 Å². The van der Waals surface area contributed by atoms with Crippen molar-refractivity contribution in [2.24, 2.45) is 0 Å². The number of benzene rings is 3. The minimum atomic E-state index is 0.859. The highest BCUT2D eigenvalue weighted by Gasteiger charge is 2.07. The van der Waals surface area contributed by atoms with Crippen molar-refractivity contribution >= 4 is 48.4 Å². The second-order valence-electron chi connectivity index (χ2n) is 5.03. The second kappa shape index (κ2) is 5.39. The van der Waals surface area contributed by atoms with Gasteiger partial charge in [0.15, 0.2) is 0 Å². The Bertz CT molecular complexity index is 996. The van der Waals surface area contributed by atoms with E-state index in [-0.39, 0.29) is 0 Å². The summed E-state index contributed by atoms with van der Waals surface area (Å²) in [7, 11) is 0. The average Bonchev–Trinajstić information content (AvgIpc) is 2.99. The number of hydrogen-bond acceptors (Lipinski definition) is 2. The molecule has 0 amide bonds. The first-order valence-electron chi connectivity index (χ1n) is 6.99. The molecule has 4 rings (SSSR count). The molecule has 0 N–H and O–H groups in total. The highest BCUT2D eigenvalue weighted by molar-refractivity contribution is 9.15. The molecule has 0 atom stereocenters. The Hall–Kier alpha value is -2.46. The number of fused-ring (bicyclic) bond motifs is 2. The molecule has 3 aromatic carbocycles. The number of rotatable bonds is 2. The molecule has 0 spiro atoms. The van der Waals surface area contributed by atoms with E-state index in [1.54, 1.807) is 4.68 Å². The minimum absolute atomic E-state index is 0.859. The summed E-state index contributed by atoms with van der Waals surface area (Å²) < 4.78 is 2.66. The third kappa shape index (κ3) is 2.22. The van der Waals surface area contributed by atoms with Crippen molar-refractivity contribution in [3.8, 4) is 0 Å². The van der Waals surface area contributed by atoms with Gasteiger partial charge in [0.2, 0.25) is 0 Å². The maximum atomic E-state index is 4.22. The summed E-state index contributed by atoms with van der Waals surface area (Å²) in [5.41, 5.74) is 3.00. The molecule has 106 valence electrons. The van der Waals surface area contributed by atoms with Gasteiger partial charge in [0, 0.05) is 0 Å². The molecule has 22 heavy (non-hydrogen) atoms. The van der Waals surface area contributed by atoms with Crippen molar-refractivity contribution in [2.45, 2.75) is 0 Å². The SMILES string of the molecule is Br/C(=C\c1cccc2ccccc12)n1nnc2ccccc21. The lowest BCUT2D eigenvalue weighted by molar-refractivity contribution is 0.859. The number of aromatic nitrogens is 3. The van der Waals surface area contributed by atoms with Crippen LogP contribution in [0.25, 0.3) is 32.5 Å². The molecule has 0 radical (unpaired) electrons. The molecule has 0 unspecified atom stereocenters. The highest BCUT2D eigenvalue weighted by atomic mass is 79.9. The zero-order valence-electron chi connectivity index (χ0n) is 11.6. The molecule has 0 aliphatic heterocycles. The van der Waals surface area contributed by atoms with E-state index < -0.39 is 0 Å². The quantitative estimate of drug-likeness (QED) is 0.513. The molecule has 1 heterocycles. The summed E-state index contributed by atoms with van der Waals surface area (Å²) in [5, 5.41) is 10.8. The van der Waals surface area contributed by atoms with E-state index in [0.29, 0.717) is 0 Å². The Morgan fingerprint density at radius 3 is 2.64 bits per heavy atom. The number of para-hydroxylation sites is 1. The standard InChI is InChI=1S/C18H12BrN3/c19-18(22-17-11-4-3-10-16(17)20-21-22)12-14-8-5-7-13-6-1-2-9-15(13)14/h1-12H/b18-12+. The molecule has 3 nitrogen and oxygen atoms in total. The van der Waals surface area contributed by atoms with Crippen LogP contribution >= 0.6 is 15.9 Å². The van der Waals surface area contributed by atoms with Gasteiger partial charge in [0.25, 0.3) is 0 Å². The molecular weight excluding hydrogens is 338 g/mol.